The van der Waals surface area contributed by atoms with Gasteiger partial charge in [0.25, 0.3) is 0 Å². The van der Waals surface area contributed by atoms with Gasteiger partial charge < -0.3 is 4.42 Å². The minimum absolute atomic E-state index is 0.251. The molecule has 0 saturated carbocycles. The van der Waals surface area contributed by atoms with E-state index in [-0.39, 0.29) is 5.63 Å². The SMILES string of the molecule is Cc1cc2c(C)cccc2c(=O)o1. The average molecular weight is 174 g/mol. The quantitative estimate of drug-likeness (QED) is 0.614. The van der Waals surface area contributed by atoms with E-state index in [4.69, 9.17) is 4.42 Å². The lowest BCUT2D eigenvalue weighted by Crippen LogP contribution is -2.00. The third kappa shape index (κ3) is 1.24. The number of fused-ring (bicyclic) bond motifs is 1. The second-order valence-electron chi connectivity index (χ2n) is 3.18. The Bertz CT molecular complexity index is 509. The summed E-state index contributed by atoms with van der Waals surface area (Å²) in [6.45, 7) is 3.77. The van der Waals surface area contributed by atoms with Crippen LogP contribution in [0.3, 0.4) is 0 Å². The maximum absolute atomic E-state index is 11.4. The molecule has 2 aromatic rings. The highest BCUT2D eigenvalue weighted by molar-refractivity contribution is 5.84. The summed E-state index contributed by atoms with van der Waals surface area (Å²) in [6, 6.07) is 7.53. The first-order valence-corrected chi connectivity index (χ1v) is 4.18. The summed E-state index contributed by atoms with van der Waals surface area (Å²) in [7, 11) is 0. The maximum Gasteiger partial charge on any atom is 0.343 e. The minimum Gasteiger partial charge on any atom is -0.428 e. The fourth-order valence-corrected chi connectivity index (χ4v) is 1.48. The molecule has 2 heteroatoms. The smallest absolute Gasteiger partial charge is 0.343 e. The molecule has 2 rings (SSSR count). The third-order valence-corrected chi connectivity index (χ3v) is 2.15. The van der Waals surface area contributed by atoms with Gasteiger partial charge in [-0.05, 0) is 36.9 Å². The van der Waals surface area contributed by atoms with Crippen molar-refractivity contribution < 1.29 is 4.42 Å². The van der Waals surface area contributed by atoms with E-state index in [2.05, 4.69) is 0 Å². The second kappa shape index (κ2) is 2.73. The van der Waals surface area contributed by atoms with Crippen LogP contribution in [0.5, 0.6) is 0 Å². The topological polar surface area (TPSA) is 30.2 Å². The number of hydrogen-bond donors (Lipinski definition) is 0. The van der Waals surface area contributed by atoms with Gasteiger partial charge in [-0.25, -0.2) is 4.79 Å². The first kappa shape index (κ1) is 8.05. The largest absolute Gasteiger partial charge is 0.428 e. The minimum atomic E-state index is -0.251. The normalized spacial score (nSPS) is 10.6. The molecule has 0 saturated heterocycles. The first-order valence-electron chi connectivity index (χ1n) is 4.18. The lowest BCUT2D eigenvalue weighted by atomic mass is 10.1. The molecule has 0 spiro atoms. The fraction of sp³-hybridized carbons (Fsp3) is 0.182. The summed E-state index contributed by atoms with van der Waals surface area (Å²) < 4.78 is 4.99. The molecule has 0 fully saturated rings. The van der Waals surface area contributed by atoms with Crippen LogP contribution in [0, 0.1) is 13.8 Å². The Balaban J connectivity index is 3.03. The molecular formula is C11H10O2. The highest BCUT2D eigenvalue weighted by Crippen LogP contribution is 2.15. The van der Waals surface area contributed by atoms with Crippen LogP contribution in [0.1, 0.15) is 11.3 Å². The van der Waals surface area contributed by atoms with Crippen molar-refractivity contribution in [2.75, 3.05) is 0 Å². The van der Waals surface area contributed by atoms with Gasteiger partial charge in [-0.1, -0.05) is 12.1 Å². The molecule has 0 aliphatic carbocycles. The molecule has 1 aromatic heterocycles. The van der Waals surface area contributed by atoms with Gasteiger partial charge in [0, 0.05) is 0 Å². The fourth-order valence-electron chi connectivity index (χ4n) is 1.48. The van der Waals surface area contributed by atoms with Crippen LogP contribution in [0.2, 0.25) is 0 Å². The number of benzene rings is 1. The zero-order valence-corrected chi connectivity index (χ0v) is 7.63. The summed E-state index contributed by atoms with van der Waals surface area (Å²) in [4.78, 5) is 11.4. The van der Waals surface area contributed by atoms with E-state index in [1.54, 1.807) is 13.0 Å². The summed E-state index contributed by atoms with van der Waals surface area (Å²) in [5, 5.41) is 1.64. The van der Waals surface area contributed by atoms with E-state index in [9.17, 15) is 4.79 Å². The van der Waals surface area contributed by atoms with E-state index < -0.39 is 0 Å². The van der Waals surface area contributed by atoms with Crippen molar-refractivity contribution in [3.8, 4) is 0 Å². The first-order chi connectivity index (χ1) is 6.18. The molecule has 0 aliphatic heterocycles. The summed E-state index contributed by atoms with van der Waals surface area (Å²) in [6.07, 6.45) is 0. The Morgan fingerprint density at radius 3 is 2.69 bits per heavy atom. The Morgan fingerprint density at radius 1 is 1.15 bits per heavy atom. The molecule has 0 unspecified atom stereocenters. The van der Waals surface area contributed by atoms with Crippen molar-refractivity contribution in [3.05, 3.63) is 46.0 Å². The van der Waals surface area contributed by atoms with Crippen LogP contribution in [0.15, 0.2) is 33.5 Å². The zero-order valence-electron chi connectivity index (χ0n) is 7.63. The maximum atomic E-state index is 11.4. The molecule has 0 bridgehead atoms. The Morgan fingerprint density at radius 2 is 1.92 bits per heavy atom. The molecule has 0 amide bonds. The van der Waals surface area contributed by atoms with Crippen LogP contribution in [0.25, 0.3) is 10.8 Å². The molecule has 13 heavy (non-hydrogen) atoms. The van der Waals surface area contributed by atoms with Gasteiger partial charge in [0.15, 0.2) is 0 Å². The van der Waals surface area contributed by atoms with Gasteiger partial charge in [-0.2, -0.15) is 0 Å². The summed E-state index contributed by atoms with van der Waals surface area (Å²) in [5.41, 5.74) is 0.854. The van der Waals surface area contributed by atoms with Crippen molar-refractivity contribution in [1.82, 2.24) is 0 Å². The highest BCUT2D eigenvalue weighted by atomic mass is 16.4. The average Bonchev–Trinajstić information content (AvgIpc) is 2.07. The van der Waals surface area contributed by atoms with Gasteiger partial charge in [0.1, 0.15) is 5.76 Å². The zero-order chi connectivity index (χ0) is 9.42. The van der Waals surface area contributed by atoms with Crippen LogP contribution in [-0.2, 0) is 0 Å². The summed E-state index contributed by atoms with van der Waals surface area (Å²) in [5.74, 6) is 0.659. The van der Waals surface area contributed by atoms with Gasteiger partial charge in [0.05, 0.1) is 5.39 Å². The highest BCUT2D eigenvalue weighted by Gasteiger charge is 2.02. The number of aryl methyl sites for hydroxylation is 2. The molecule has 0 aliphatic rings. The van der Waals surface area contributed by atoms with Crippen LogP contribution >= 0.6 is 0 Å². The Kier molecular flexibility index (Phi) is 1.69. The molecule has 2 nitrogen and oxygen atoms in total. The van der Waals surface area contributed by atoms with Crippen molar-refractivity contribution in [1.29, 1.82) is 0 Å². The van der Waals surface area contributed by atoms with Crippen molar-refractivity contribution in [2.45, 2.75) is 13.8 Å². The molecule has 66 valence electrons. The molecule has 0 atom stereocenters. The van der Waals surface area contributed by atoms with Gasteiger partial charge in [-0.3, -0.25) is 0 Å². The number of hydrogen-bond acceptors (Lipinski definition) is 2. The van der Waals surface area contributed by atoms with Crippen LogP contribution in [0.4, 0.5) is 0 Å². The van der Waals surface area contributed by atoms with Gasteiger partial charge in [0.2, 0.25) is 0 Å². The molecular weight excluding hydrogens is 164 g/mol. The second-order valence-corrected chi connectivity index (χ2v) is 3.18. The van der Waals surface area contributed by atoms with Crippen LogP contribution < -0.4 is 5.63 Å². The van der Waals surface area contributed by atoms with Gasteiger partial charge >= 0.3 is 5.63 Å². The monoisotopic (exact) mass is 174 g/mol. The predicted molar refractivity (Wildman–Crippen MR) is 52.0 cm³/mol. The van der Waals surface area contributed by atoms with E-state index in [0.29, 0.717) is 11.1 Å². The molecule has 1 heterocycles. The standard InChI is InChI=1S/C11H10O2/c1-7-4-3-5-9-10(7)6-8(2)13-11(9)12/h3-6H,1-2H3. The third-order valence-electron chi connectivity index (χ3n) is 2.15. The van der Waals surface area contributed by atoms with E-state index in [1.807, 2.05) is 25.1 Å². The van der Waals surface area contributed by atoms with E-state index in [1.165, 1.54) is 0 Å². The van der Waals surface area contributed by atoms with Crippen molar-refractivity contribution >= 4 is 10.8 Å². The van der Waals surface area contributed by atoms with Gasteiger partial charge in [-0.15, -0.1) is 0 Å². The number of rotatable bonds is 0. The molecule has 1 aromatic carbocycles. The lowest BCUT2D eigenvalue weighted by Gasteiger charge is -2.00. The van der Waals surface area contributed by atoms with E-state index in [0.717, 1.165) is 10.9 Å². The van der Waals surface area contributed by atoms with Crippen LogP contribution in [-0.4, -0.2) is 0 Å². The summed E-state index contributed by atoms with van der Waals surface area (Å²) >= 11 is 0. The lowest BCUT2D eigenvalue weighted by molar-refractivity contribution is 0.488. The predicted octanol–water partition coefficient (Wildman–Crippen LogP) is 2.41. The molecule has 0 radical (unpaired) electrons. The van der Waals surface area contributed by atoms with Crippen molar-refractivity contribution in [2.24, 2.45) is 0 Å². The van der Waals surface area contributed by atoms with E-state index >= 15 is 0 Å². The van der Waals surface area contributed by atoms with Crippen molar-refractivity contribution in [3.63, 3.8) is 0 Å². The Hall–Kier alpha value is -1.57. The Labute approximate surface area is 75.8 Å². The molecule has 0 N–H and O–H groups in total.